The summed E-state index contributed by atoms with van der Waals surface area (Å²) in [6.45, 7) is 2.84. The lowest BCUT2D eigenvalue weighted by Crippen LogP contribution is -3.06. The number of quaternary nitrogens is 1. The van der Waals surface area contributed by atoms with Gasteiger partial charge in [0.05, 0.1) is 41.9 Å². The van der Waals surface area contributed by atoms with Crippen molar-refractivity contribution in [3.8, 4) is 0 Å². The Morgan fingerprint density at radius 2 is 1.81 bits per heavy atom. The molecule has 0 aliphatic carbocycles. The third-order valence-corrected chi connectivity index (χ3v) is 6.13. The third kappa shape index (κ3) is 5.53. The minimum atomic E-state index is -3.78. The minimum absolute atomic E-state index is 0.105. The fraction of sp³-hybridized carbons (Fsp3) is 0.294. The number of hydrogen-bond donors (Lipinski definition) is 2. The molecule has 0 radical (unpaired) electrons. The normalized spacial score (nSPS) is 11.7. The molecule has 2 rings (SSSR count). The van der Waals surface area contributed by atoms with Crippen LogP contribution in [0.2, 0.25) is 0 Å². The molecule has 0 aliphatic heterocycles. The van der Waals surface area contributed by atoms with Crippen LogP contribution in [-0.2, 0) is 10.0 Å². The van der Waals surface area contributed by atoms with E-state index in [1.54, 1.807) is 0 Å². The topological polar surface area (TPSA) is 93.8 Å². The molecule has 140 valence electrons. The van der Waals surface area contributed by atoms with Gasteiger partial charge < -0.3 is 4.90 Å². The minimum Gasteiger partial charge on any atom is -0.339 e. The highest BCUT2D eigenvalue weighted by atomic mass is 32.2. The molecule has 0 heterocycles. The van der Waals surface area contributed by atoms with Crippen LogP contribution in [0.5, 0.6) is 0 Å². The Kier molecular flexibility index (Phi) is 6.76. The second-order valence-electron chi connectivity index (χ2n) is 6.16. The second kappa shape index (κ2) is 8.63. The number of hydrogen-bond acceptors (Lipinski definition) is 5. The van der Waals surface area contributed by atoms with Crippen LogP contribution < -0.4 is 9.62 Å². The first-order valence-electron chi connectivity index (χ1n) is 8.01. The van der Waals surface area contributed by atoms with Crippen molar-refractivity contribution in [2.75, 3.05) is 27.2 Å². The molecule has 0 unspecified atom stereocenters. The summed E-state index contributed by atoms with van der Waals surface area (Å²) >= 11 is 1.23. The molecule has 7 nitrogen and oxygen atoms in total. The Labute approximate surface area is 157 Å². The number of rotatable bonds is 8. The van der Waals surface area contributed by atoms with E-state index in [0.29, 0.717) is 11.4 Å². The molecular formula is C17H22N3O4S2+. The van der Waals surface area contributed by atoms with Crippen molar-refractivity contribution in [2.45, 2.75) is 21.6 Å². The van der Waals surface area contributed by atoms with E-state index in [0.717, 1.165) is 21.4 Å². The van der Waals surface area contributed by atoms with Crippen LogP contribution in [0.3, 0.4) is 0 Å². The summed E-state index contributed by atoms with van der Waals surface area (Å²) < 4.78 is 27.2. The first-order chi connectivity index (χ1) is 12.2. The van der Waals surface area contributed by atoms with E-state index in [4.69, 9.17) is 0 Å². The number of nitrogens with zero attached hydrogens (tertiary/aromatic N) is 1. The summed E-state index contributed by atoms with van der Waals surface area (Å²) in [5, 5.41) is 11.4. The van der Waals surface area contributed by atoms with Gasteiger partial charge in [-0.3, -0.25) is 10.1 Å². The zero-order valence-corrected chi connectivity index (χ0v) is 16.5. The lowest BCUT2D eigenvalue weighted by molar-refractivity contribution is -0.856. The van der Waals surface area contributed by atoms with Crippen LogP contribution in [0.15, 0.2) is 57.2 Å². The number of nitro benzene ring substituents is 1. The van der Waals surface area contributed by atoms with Gasteiger partial charge in [-0.05, 0) is 31.2 Å². The number of sulfonamides is 1. The average Bonchev–Trinajstić information content (AvgIpc) is 2.56. The Morgan fingerprint density at radius 3 is 2.38 bits per heavy atom. The van der Waals surface area contributed by atoms with Gasteiger partial charge in [0.1, 0.15) is 0 Å². The lowest BCUT2D eigenvalue weighted by atomic mass is 10.2. The highest BCUT2D eigenvalue weighted by molar-refractivity contribution is 7.99. The molecule has 0 amide bonds. The first-order valence-corrected chi connectivity index (χ1v) is 10.3. The van der Waals surface area contributed by atoms with Crippen LogP contribution in [0.4, 0.5) is 5.69 Å². The quantitative estimate of drug-likeness (QED) is 0.521. The van der Waals surface area contributed by atoms with Crippen molar-refractivity contribution in [1.82, 2.24) is 4.72 Å². The molecule has 0 aliphatic rings. The SMILES string of the molecule is Cc1ccc(Sc2ccc(S(=O)(=O)NCC[NH+](C)C)cc2[N+](=O)[O-])cc1. The van der Waals surface area contributed by atoms with Crippen molar-refractivity contribution < 1.29 is 18.2 Å². The van der Waals surface area contributed by atoms with Crippen LogP contribution in [0, 0.1) is 17.0 Å². The van der Waals surface area contributed by atoms with Gasteiger partial charge in [0.15, 0.2) is 0 Å². The van der Waals surface area contributed by atoms with Crippen LogP contribution in [0.1, 0.15) is 5.56 Å². The summed E-state index contributed by atoms with van der Waals surface area (Å²) in [6.07, 6.45) is 0. The zero-order valence-electron chi connectivity index (χ0n) is 14.9. The van der Waals surface area contributed by atoms with E-state index in [9.17, 15) is 18.5 Å². The monoisotopic (exact) mass is 396 g/mol. The standard InChI is InChI=1S/C17H21N3O4S2/c1-13-4-6-14(7-5-13)25-17-9-8-15(12-16(17)20(21)22)26(23,24)18-10-11-19(2)3/h4-9,12,18H,10-11H2,1-3H3/p+1. The zero-order chi connectivity index (χ0) is 19.3. The van der Waals surface area contributed by atoms with Gasteiger partial charge in [0, 0.05) is 11.0 Å². The van der Waals surface area contributed by atoms with Gasteiger partial charge in [-0.25, -0.2) is 13.1 Å². The first kappa shape index (κ1) is 20.4. The second-order valence-corrected chi connectivity index (χ2v) is 9.04. The maximum absolute atomic E-state index is 12.3. The number of nitrogens with one attached hydrogen (secondary N) is 2. The van der Waals surface area contributed by atoms with E-state index >= 15 is 0 Å². The van der Waals surface area contributed by atoms with Gasteiger partial charge in [-0.15, -0.1) is 0 Å². The fourth-order valence-electron chi connectivity index (χ4n) is 2.15. The van der Waals surface area contributed by atoms with Crippen LogP contribution in [0.25, 0.3) is 0 Å². The van der Waals surface area contributed by atoms with Crippen molar-refractivity contribution in [3.05, 3.63) is 58.1 Å². The molecule has 0 spiro atoms. The third-order valence-electron chi connectivity index (χ3n) is 3.60. The molecule has 2 N–H and O–H groups in total. The Balaban J connectivity index is 2.27. The molecule has 2 aromatic rings. The summed E-state index contributed by atoms with van der Waals surface area (Å²) in [7, 11) is 0.0416. The van der Waals surface area contributed by atoms with E-state index in [2.05, 4.69) is 4.72 Å². The smallest absolute Gasteiger partial charge is 0.284 e. The van der Waals surface area contributed by atoms with E-state index in [1.165, 1.54) is 23.9 Å². The van der Waals surface area contributed by atoms with Crippen molar-refractivity contribution >= 4 is 27.5 Å². The van der Waals surface area contributed by atoms with Crippen molar-refractivity contribution in [3.63, 3.8) is 0 Å². The van der Waals surface area contributed by atoms with Gasteiger partial charge in [-0.1, -0.05) is 29.5 Å². The maximum atomic E-state index is 12.3. The Morgan fingerprint density at radius 1 is 1.15 bits per heavy atom. The largest absolute Gasteiger partial charge is 0.339 e. The Hall–Kier alpha value is -1.94. The van der Waals surface area contributed by atoms with Gasteiger partial charge in [-0.2, -0.15) is 0 Å². The molecule has 26 heavy (non-hydrogen) atoms. The van der Waals surface area contributed by atoms with Crippen molar-refractivity contribution in [1.29, 1.82) is 0 Å². The molecule has 2 aromatic carbocycles. The van der Waals surface area contributed by atoms with Gasteiger partial charge >= 0.3 is 0 Å². The van der Waals surface area contributed by atoms with Crippen molar-refractivity contribution in [2.24, 2.45) is 0 Å². The van der Waals surface area contributed by atoms with Crippen LogP contribution >= 0.6 is 11.8 Å². The van der Waals surface area contributed by atoms with Gasteiger partial charge in [0.2, 0.25) is 10.0 Å². The van der Waals surface area contributed by atoms with E-state index in [1.807, 2.05) is 45.3 Å². The average molecular weight is 397 g/mol. The Bertz CT molecular complexity index is 881. The predicted molar refractivity (Wildman–Crippen MR) is 101 cm³/mol. The summed E-state index contributed by atoms with van der Waals surface area (Å²) in [4.78, 5) is 13.1. The fourth-order valence-corrected chi connectivity index (χ4v) is 4.10. The number of benzene rings is 2. The van der Waals surface area contributed by atoms with Gasteiger partial charge in [0.25, 0.3) is 5.69 Å². The number of aryl methyl sites for hydroxylation is 1. The summed E-state index contributed by atoms with van der Waals surface area (Å²) in [6, 6.07) is 11.6. The maximum Gasteiger partial charge on any atom is 0.284 e. The number of likely N-dealkylation sites (N-methyl/N-ethyl adjacent to an activating group) is 1. The van der Waals surface area contributed by atoms with E-state index in [-0.39, 0.29) is 17.1 Å². The molecule has 0 aromatic heterocycles. The molecule has 0 bridgehead atoms. The molecule has 0 fully saturated rings. The highest BCUT2D eigenvalue weighted by Crippen LogP contribution is 2.36. The predicted octanol–water partition coefficient (Wildman–Crippen LogP) is 1.48. The van der Waals surface area contributed by atoms with E-state index < -0.39 is 14.9 Å². The highest BCUT2D eigenvalue weighted by Gasteiger charge is 2.22. The summed E-state index contributed by atoms with van der Waals surface area (Å²) in [5.41, 5.74) is 0.868. The molecular weight excluding hydrogens is 374 g/mol. The molecule has 0 atom stereocenters. The lowest BCUT2D eigenvalue weighted by Gasteiger charge is -2.10. The molecule has 0 saturated heterocycles. The number of nitro groups is 1. The molecule has 9 heteroatoms. The van der Waals surface area contributed by atoms with Crippen LogP contribution in [-0.4, -0.2) is 40.5 Å². The molecule has 0 saturated carbocycles. The summed E-state index contributed by atoms with van der Waals surface area (Å²) in [5.74, 6) is 0.